The number of unbranched alkanes of at least 4 members (excludes halogenated alkanes) is 1. The second-order valence-electron chi connectivity index (χ2n) is 4.28. The highest BCUT2D eigenvalue weighted by Crippen LogP contribution is 2.07. The smallest absolute Gasteiger partial charge is 0.344 e. The lowest BCUT2D eigenvalue weighted by atomic mass is 10.3. The highest BCUT2D eigenvalue weighted by Gasteiger charge is 2.03. The van der Waals surface area contributed by atoms with E-state index in [-0.39, 0.29) is 12.6 Å². The molecule has 0 aliphatic rings. The van der Waals surface area contributed by atoms with Gasteiger partial charge in [-0.15, -0.1) is 0 Å². The van der Waals surface area contributed by atoms with Crippen molar-refractivity contribution in [1.82, 2.24) is 5.32 Å². The van der Waals surface area contributed by atoms with Gasteiger partial charge < -0.3 is 14.8 Å². The first-order valence-corrected chi connectivity index (χ1v) is 6.87. The van der Waals surface area contributed by atoms with E-state index < -0.39 is 0 Å². The monoisotopic (exact) mass is 265 g/mol. The minimum Gasteiger partial charge on any atom is -0.482 e. The molecule has 19 heavy (non-hydrogen) atoms. The van der Waals surface area contributed by atoms with Crippen LogP contribution in [-0.4, -0.2) is 32.3 Å². The van der Waals surface area contributed by atoms with E-state index in [1.165, 1.54) is 12.8 Å². The zero-order valence-electron chi connectivity index (χ0n) is 11.6. The summed E-state index contributed by atoms with van der Waals surface area (Å²) < 4.78 is 10.4. The van der Waals surface area contributed by atoms with Crippen LogP contribution in [0.15, 0.2) is 30.3 Å². The van der Waals surface area contributed by atoms with Gasteiger partial charge in [-0.1, -0.05) is 31.5 Å². The topological polar surface area (TPSA) is 47.6 Å². The maximum atomic E-state index is 11.4. The average Bonchev–Trinajstić information content (AvgIpc) is 2.45. The predicted molar refractivity (Wildman–Crippen MR) is 75.3 cm³/mol. The third kappa shape index (κ3) is 8.21. The molecule has 0 aliphatic carbocycles. The van der Waals surface area contributed by atoms with Gasteiger partial charge in [0.2, 0.25) is 0 Å². The summed E-state index contributed by atoms with van der Waals surface area (Å²) in [7, 11) is 0. The summed E-state index contributed by atoms with van der Waals surface area (Å²) in [5.41, 5.74) is 0. The molecule has 1 N–H and O–H groups in total. The number of esters is 1. The van der Waals surface area contributed by atoms with Crippen molar-refractivity contribution in [3.8, 4) is 5.75 Å². The number of hydrogen-bond donors (Lipinski definition) is 1. The molecule has 0 fully saturated rings. The van der Waals surface area contributed by atoms with Gasteiger partial charge in [0.15, 0.2) is 6.61 Å². The van der Waals surface area contributed by atoms with Crippen molar-refractivity contribution >= 4 is 5.97 Å². The number of ether oxygens (including phenoxy) is 2. The standard InChI is InChI=1S/C15H23NO3/c1-2-3-10-16-11-7-12-18-15(17)13-19-14-8-5-4-6-9-14/h4-6,8-9,16H,2-3,7,10-13H2,1H3. The first kappa shape index (κ1) is 15.5. The van der Waals surface area contributed by atoms with Crippen molar-refractivity contribution in [3.63, 3.8) is 0 Å². The molecule has 0 amide bonds. The largest absolute Gasteiger partial charge is 0.482 e. The zero-order valence-corrected chi connectivity index (χ0v) is 11.6. The Morgan fingerprint density at radius 1 is 1.16 bits per heavy atom. The molecule has 0 saturated carbocycles. The highest BCUT2D eigenvalue weighted by atomic mass is 16.6. The molecule has 0 aliphatic heterocycles. The predicted octanol–water partition coefficient (Wildman–Crippen LogP) is 2.39. The first-order chi connectivity index (χ1) is 9.33. The molecule has 0 saturated heterocycles. The van der Waals surface area contributed by atoms with Crippen molar-refractivity contribution in [2.24, 2.45) is 0 Å². The van der Waals surface area contributed by atoms with Crippen molar-refractivity contribution < 1.29 is 14.3 Å². The van der Waals surface area contributed by atoms with Gasteiger partial charge >= 0.3 is 5.97 Å². The molecule has 0 spiro atoms. The third-order valence-corrected chi connectivity index (χ3v) is 2.57. The van der Waals surface area contributed by atoms with Crippen LogP contribution in [0, 0.1) is 0 Å². The van der Waals surface area contributed by atoms with Crippen LogP contribution in [0.4, 0.5) is 0 Å². The quantitative estimate of drug-likeness (QED) is 0.521. The van der Waals surface area contributed by atoms with Crippen LogP contribution in [0.25, 0.3) is 0 Å². The summed E-state index contributed by atoms with van der Waals surface area (Å²) in [6.45, 7) is 4.48. The zero-order chi connectivity index (χ0) is 13.8. The summed E-state index contributed by atoms with van der Waals surface area (Å²) in [5, 5.41) is 3.30. The average molecular weight is 265 g/mol. The van der Waals surface area contributed by atoms with Crippen molar-refractivity contribution in [2.45, 2.75) is 26.2 Å². The van der Waals surface area contributed by atoms with E-state index in [1.54, 1.807) is 0 Å². The normalized spacial score (nSPS) is 10.2. The van der Waals surface area contributed by atoms with Crippen LogP contribution in [-0.2, 0) is 9.53 Å². The van der Waals surface area contributed by atoms with Gasteiger partial charge in [-0.25, -0.2) is 4.79 Å². The van der Waals surface area contributed by atoms with E-state index >= 15 is 0 Å². The van der Waals surface area contributed by atoms with Crippen LogP contribution in [0.3, 0.4) is 0 Å². The van der Waals surface area contributed by atoms with Crippen LogP contribution >= 0.6 is 0 Å². The molecular weight excluding hydrogens is 242 g/mol. The fourth-order valence-electron chi connectivity index (χ4n) is 1.51. The Morgan fingerprint density at radius 3 is 2.63 bits per heavy atom. The Morgan fingerprint density at radius 2 is 1.89 bits per heavy atom. The Hall–Kier alpha value is -1.55. The Kier molecular flexibility index (Phi) is 8.47. The number of benzene rings is 1. The van der Waals surface area contributed by atoms with Crippen LogP contribution < -0.4 is 10.1 Å². The molecule has 1 aromatic rings. The fraction of sp³-hybridized carbons (Fsp3) is 0.533. The van der Waals surface area contributed by atoms with E-state index in [2.05, 4.69) is 12.2 Å². The summed E-state index contributed by atoms with van der Waals surface area (Å²) >= 11 is 0. The van der Waals surface area contributed by atoms with Crippen molar-refractivity contribution in [3.05, 3.63) is 30.3 Å². The number of carbonyl (C=O) groups is 1. The van der Waals surface area contributed by atoms with E-state index in [0.29, 0.717) is 12.4 Å². The Bertz CT molecular complexity index is 341. The van der Waals surface area contributed by atoms with Gasteiger partial charge in [0, 0.05) is 0 Å². The molecular formula is C15H23NO3. The van der Waals surface area contributed by atoms with Gasteiger partial charge in [-0.2, -0.15) is 0 Å². The van der Waals surface area contributed by atoms with E-state index in [4.69, 9.17) is 9.47 Å². The number of rotatable bonds is 10. The SMILES string of the molecule is CCCCNCCCOC(=O)COc1ccccc1. The fourth-order valence-corrected chi connectivity index (χ4v) is 1.51. The molecule has 0 atom stereocenters. The van der Waals surface area contributed by atoms with Crippen molar-refractivity contribution in [2.75, 3.05) is 26.3 Å². The lowest BCUT2D eigenvalue weighted by molar-refractivity contribution is -0.146. The van der Waals surface area contributed by atoms with E-state index in [0.717, 1.165) is 19.5 Å². The molecule has 1 rings (SSSR count). The molecule has 0 aromatic heterocycles. The van der Waals surface area contributed by atoms with Crippen LogP contribution in [0.1, 0.15) is 26.2 Å². The molecule has 4 nitrogen and oxygen atoms in total. The summed E-state index contributed by atoms with van der Waals surface area (Å²) in [6, 6.07) is 9.25. The van der Waals surface area contributed by atoms with Crippen LogP contribution in [0.2, 0.25) is 0 Å². The maximum Gasteiger partial charge on any atom is 0.344 e. The van der Waals surface area contributed by atoms with Gasteiger partial charge in [-0.05, 0) is 38.1 Å². The lowest BCUT2D eigenvalue weighted by Crippen LogP contribution is -2.20. The molecule has 1 aromatic carbocycles. The number of nitrogens with one attached hydrogen (secondary N) is 1. The number of hydrogen-bond acceptors (Lipinski definition) is 4. The van der Waals surface area contributed by atoms with Crippen molar-refractivity contribution in [1.29, 1.82) is 0 Å². The Labute approximate surface area is 115 Å². The van der Waals surface area contributed by atoms with E-state index in [1.807, 2.05) is 30.3 Å². The second kappa shape index (κ2) is 10.4. The molecule has 4 heteroatoms. The minimum atomic E-state index is -0.322. The van der Waals surface area contributed by atoms with Gasteiger partial charge in [0.1, 0.15) is 5.75 Å². The second-order valence-corrected chi connectivity index (χ2v) is 4.28. The Balaban J connectivity index is 1.96. The molecule has 106 valence electrons. The summed E-state index contributed by atoms with van der Waals surface area (Å²) in [5.74, 6) is 0.359. The van der Waals surface area contributed by atoms with E-state index in [9.17, 15) is 4.79 Å². The first-order valence-electron chi connectivity index (χ1n) is 6.87. The number of para-hydroxylation sites is 1. The van der Waals surface area contributed by atoms with Gasteiger partial charge in [0.05, 0.1) is 6.61 Å². The molecule has 0 radical (unpaired) electrons. The number of carbonyl (C=O) groups excluding carboxylic acids is 1. The minimum absolute atomic E-state index is 0.0344. The highest BCUT2D eigenvalue weighted by molar-refractivity contribution is 5.71. The summed E-state index contributed by atoms with van der Waals surface area (Å²) in [4.78, 5) is 11.4. The van der Waals surface area contributed by atoms with Crippen LogP contribution in [0.5, 0.6) is 5.75 Å². The molecule has 0 unspecified atom stereocenters. The molecule has 0 bridgehead atoms. The molecule has 0 heterocycles. The lowest BCUT2D eigenvalue weighted by Gasteiger charge is -2.07. The van der Waals surface area contributed by atoms with Gasteiger partial charge in [0.25, 0.3) is 0 Å². The maximum absolute atomic E-state index is 11.4. The summed E-state index contributed by atoms with van der Waals surface area (Å²) in [6.07, 6.45) is 3.21. The van der Waals surface area contributed by atoms with Gasteiger partial charge in [-0.3, -0.25) is 0 Å². The third-order valence-electron chi connectivity index (χ3n) is 2.57.